The van der Waals surface area contributed by atoms with E-state index >= 15 is 0 Å². The van der Waals surface area contributed by atoms with Gasteiger partial charge >= 0.3 is 0 Å². The van der Waals surface area contributed by atoms with Crippen LogP contribution in [0.25, 0.3) is 0 Å². The maximum absolute atomic E-state index is 13.2. The van der Waals surface area contributed by atoms with Gasteiger partial charge in [-0.15, -0.1) is 0 Å². The van der Waals surface area contributed by atoms with Gasteiger partial charge in [0.25, 0.3) is 11.8 Å². The van der Waals surface area contributed by atoms with Crippen LogP contribution in [0.15, 0.2) is 18.2 Å². The van der Waals surface area contributed by atoms with Gasteiger partial charge in [0, 0.05) is 25.0 Å². The number of imide groups is 2. The third-order valence-corrected chi connectivity index (χ3v) is 6.67. The van der Waals surface area contributed by atoms with Crippen LogP contribution in [0.2, 0.25) is 0 Å². The number of nitrogens with zero attached hydrogens (tertiary/aromatic N) is 2. The minimum atomic E-state index is -0.925. The van der Waals surface area contributed by atoms with E-state index in [4.69, 9.17) is 0 Å². The lowest BCUT2D eigenvalue weighted by atomic mass is 9.95. The summed E-state index contributed by atoms with van der Waals surface area (Å²) in [7, 11) is 0. The Hall–Kier alpha value is -2.58. The minimum absolute atomic E-state index is 0.126. The number of amides is 4. The molecular formula is C21H24N4O4. The van der Waals surface area contributed by atoms with Crippen molar-refractivity contribution in [2.24, 2.45) is 0 Å². The molecule has 0 spiro atoms. The van der Waals surface area contributed by atoms with Gasteiger partial charge in [0.2, 0.25) is 11.8 Å². The van der Waals surface area contributed by atoms with Crippen LogP contribution in [0.5, 0.6) is 0 Å². The summed E-state index contributed by atoms with van der Waals surface area (Å²) in [6, 6.07) is 5.40. The van der Waals surface area contributed by atoms with Crippen LogP contribution in [-0.2, 0) is 16.1 Å². The number of carbonyl (C=O) groups is 4. The Morgan fingerprint density at radius 3 is 2.72 bits per heavy atom. The van der Waals surface area contributed by atoms with Crippen LogP contribution in [0.3, 0.4) is 0 Å². The molecule has 29 heavy (non-hydrogen) atoms. The first-order valence-corrected chi connectivity index (χ1v) is 10.4. The van der Waals surface area contributed by atoms with Crippen LogP contribution in [0.4, 0.5) is 0 Å². The largest absolute Gasteiger partial charge is 0.312 e. The van der Waals surface area contributed by atoms with Crippen molar-refractivity contribution < 1.29 is 19.2 Å². The molecule has 3 saturated heterocycles. The highest BCUT2D eigenvalue weighted by atomic mass is 16.2. The molecule has 8 nitrogen and oxygen atoms in total. The minimum Gasteiger partial charge on any atom is -0.312 e. The summed E-state index contributed by atoms with van der Waals surface area (Å²) in [5, 5.41) is 5.80. The van der Waals surface area contributed by atoms with E-state index in [1.165, 1.54) is 6.42 Å². The average molecular weight is 396 g/mol. The molecule has 152 valence electrons. The molecule has 8 heteroatoms. The topological polar surface area (TPSA) is 98.8 Å². The second kappa shape index (κ2) is 7.03. The van der Waals surface area contributed by atoms with Crippen molar-refractivity contribution in [2.45, 2.75) is 56.8 Å². The molecule has 2 N–H and O–H groups in total. The van der Waals surface area contributed by atoms with Gasteiger partial charge in [0.05, 0.1) is 11.1 Å². The Morgan fingerprint density at radius 1 is 1.03 bits per heavy atom. The molecule has 4 heterocycles. The summed E-state index contributed by atoms with van der Waals surface area (Å²) in [4.78, 5) is 53.4. The normalized spacial score (nSPS) is 29.8. The number of rotatable bonds is 3. The van der Waals surface area contributed by atoms with Crippen LogP contribution in [0.1, 0.15) is 58.4 Å². The van der Waals surface area contributed by atoms with Crippen LogP contribution in [-0.4, -0.2) is 64.6 Å². The summed E-state index contributed by atoms with van der Waals surface area (Å²) in [6.45, 7) is 2.61. The number of carbonyl (C=O) groups excluding carboxylic acids is 4. The number of piperidine rings is 2. The molecular weight excluding hydrogens is 372 g/mol. The van der Waals surface area contributed by atoms with Gasteiger partial charge in [-0.25, -0.2) is 0 Å². The van der Waals surface area contributed by atoms with Crippen molar-refractivity contribution in [1.29, 1.82) is 0 Å². The van der Waals surface area contributed by atoms with Gasteiger partial charge in [-0.05, 0) is 50.4 Å². The van der Waals surface area contributed by atoms with E-state index in [9.17, 15) is 19.2 Å². The zero-order chi connectivity index (χ0) is 20.1. The van der Waals surface area contributed by atoms with Crippen LogP contribution >= 0.6 is 0 Å². The predicted octanol–water partition coefficient (Wildman–Crippen LogP) is 0.414. The first-order chi connectivity index (χ1) is 14.0. The van der Waals surface area contributed by atoms with Crippen LogP contribution in [0, 0.1) is 0 Å². The highest BCUT2D eigenvalue weighted by Gasteiger charge is 2.46. The summed E-state index contributed by atoms with van der Waals surface area (Å²) in [5.74, 6) is -1.81. The zero-order valence-corrected chi connectivity index (χ0v) is 16.1. The fourth-order valence-electron chi connectivity index (χ4n) is 5.30. The third-order valence-electron chi connectivity index (χ3n) is 6.67. The molecule has 0 saturated carbocycles. The first-order valence-electron chi connectivity index (χ1n) is 10.4. The summed E-state index contributed by atoms with van der Waals surface area (Å²) >= 11 is 0. The van der Waals surface area contributed by atoms with Gasteiger partial charge in [-0.2, -0.15) is 0 Å². The fraction of sp³-hybridized carbons (Fsp3) is 0.524. The van der Waals surface area contributed by atoms with Crippen molar-refractivity contribution in [3.8, 4) is 0 Å². The van der Waals surface area contributed by atoms with Crippen LogP contribution < -0.4 is 10.6 Å². The van der Waals surface area contributed by atoms with Gasteiger partial charge in [-0.3, -0.25) is 34.3 Å². The maximum atomic E-state index is 13.2. The number of likely N-dealkylation sites (tertiary alicyclic amines) is 1. The molecule has 4 aliphatic heterocycles. The van der Waals surface area contributed by atoms with E-state index in [2.05, 4.69) is 15.5 Å². The Bertz CT molecular complexity index is 914. The first kappa shape index (κ1) is 18.4. The number of hydrogen-bond donors (Lipinski definition) is 2. The van der Waals surface area contributed by atoms with Crippen molar-refractivity contribution >= 4 is 23.6 Å². The summed E-state index contributed by atoms with van der Waals surface area (Å²) < 4.78 is 0. The standard InChI is InChI=1S/C21H24N4O4/c26-17-7-6-16(19(27)23-17)25-20(28)13-4-1-3-12(18(13)21(25)29)11-24-10-2-5-14-15(24)8-9-22-14/h1,3-4,14-16,22H,2,5-11H2,(H,23,26,27)/t14-,15-,16?/m0/s1. The lowest BCUT2D eigenvalue weighted by molar-refractivity contribution is -0.136. The molecule has 4 amide bonds. The van der Waals surface area contributed by atoms with E-state index in [-0.39, 0.29) is 18.7 Å². The van der Waals surface area contributed by atoms with Gasteiger partial charge in [-0.1, -0.05) is 12.1 Å². The second-order valence-corrected chi connectivity index (χ2v) is 8.32. The zero-order valence-electron chi connectivity index (χ0n) is 16.1. The predicted molar refractivity (Wildman–Crippen MR) is 103 cm³/mol. The highest BCUT2D eigenvalue weighted by Crippen LogP contribution is 2.32. The number of hydrogen-bond acceptors (Lipinski definition) is 6. The Labute approximate surface area is 168 Å². The Morgan fingerprint density at radius 2 is 1.90 bits per heavy atom. The monoisotopic (exact) mass is 396 g/mol. The lowest BCUT2D eigenvalue weighted by Gasteiger charge is -2.37. The number of fused-ring (bicyclic) bond motifs is 2. The van der Waals surface area contributed by atoms with Crippen molar-refractivity contribution in [1.82, 2.24) is 20.4 Å². The second-order valence-electron chi connectivity index (χ2n) is 8.32. The molecule has 4 aliphatic rings. The molecule has 0 radical (unpaired) electrons. The third kappa shape index (κ3) is 2.98. The number of nitrogens with one attached hydrogen (secondary N) is 2. The van der Waals surface area contributed by atoms with Gasteiger partial charge in [0.1, 0.15) is 6.04 Å². The fourth-order valence-corrected chi connectivity index (χ4v) is 5.30. The van der Waals surface area contributed by atoms with E-state index in [0.29, 0.717) is 29.8 Å². The van der Waals surface area contributed by atoms with Crippen molar-refractivity contribution in [2.75, 3.05) is 13.1 Å². The quantitative estimate of drug-likeness (QED) is 0.719. The molecule has 3 fully saturated rings. The van der Waals surface area contributed by atoms with Crippen molar-refractivity contribution in [3.63, 3.8) is 0 Å². The van der Waals surface area contributed by atoms with E-state index in [1.54, 1.807) is 6.07 Å². The summed E-state index contributed by atoms with van der Waals surface area (Å²) in [5.41, 5.74) is 1.61. The van der Waals surface area contributed by atoms with Crippen molar-refractivity contribution in [3.05, 3.63) is 34.9 Å². The molecule has 5 rings (SSSR count). The van der Waals surface area contributed by atoms with Gasteiger partial charge < -0.3 is 5.32 Å². The highest BCUT2D eigenvalue weighted by molar-refractivity contribution is 6.24. The summed E-state index contributed by atoms with van der Waals surface area (Å²) in [6.07, 6.45) is 3.68. The molecule has 0 aromatic heterocycles. The number of benzene rings is 1. The molecule has 1 unspecified atom stereocenters. The molecule has 3 atom stereocenters. The SMILES string of the molecule is O=C1CCC(N2C(=O)c3cccc(CN4CCC[C@@H]5NCC[C@@H]54)c3C2=O)C(=O)N1. The Balaban J connectivity index is 1.43. The Kier molecular flexibility index (Phi) is 4.48. The van der Waals surface area contributed by atoms with E-state index < -0.39 is 23.8 Å². The van der Waals surface area contributed by atoms with E-state index in [1.807, 2.05) is 12.1 Å². The average Bonchev–Trinajstić information content (AvgIpc) is 3.28. The maximum Gasteiger partial charge on any atom is 0.262 e. The smallest absolute Gasteiger partial charge is 0.262 e. The van der Waals surface area contributed by atoms with E-state index in [0.717, 1.165) is 36.4 Å². The molecule has 0 aliphatic carbocycles. The molecule has 0 bridgehead atoms. The lowest BCUT2D eigenvalue weighted by Crippen LogP contribution is -2.54. The van der Waals surface area contributed by atoms with Gasteiger partial charge in [0.15, 0.2) is 0 Å². The molecule has 1 aromatic rings. The molecule has 1 aromatic carbocycles.